The van der Waals surface area contributed by atoms with E-state index in [1.807, 2.05) is 12.1 Å². The van der Waals surface area contributed by atoms with E-state index in [-0.39, 0.29) is 11.7 Å². The first-order valence-corrected chi connectivity index (χ1v) is 7.74. The van der Waals surface area contributed by atoms with Crippen LogP contribution in [0.25, 0.3) is 0 Å². The summed E-state index contributed by atoms with van der Waals surface area (Å²) in [6.07, 6.45) is 4.18. The zero-order chi connectivity index (χ0) is 16.2. The molecule has 0 spiro atoms. The van der Waals surface area contributed by atoms with Crippen LogP contribution in [-0.2, 0) is 6.54 Å². The van der Waals surface area contributed by atoms with Crippen LogP contribution >= 0.6 is 0 Å². The van der Waals surface area contributed by atoms with Gasteiger partial charge in [-0.25, -0.2) is 9.37 Å². The monoisotopic (exact) mass is 314 g/mol. The van der Waals surface area contributed by atoms with Crippen molar-refractivity contribution in [2.75, 3.05) is 6.61 Å². The molecular weight excluding hydrogens is 295 g/mol. The van der Waals surface area contributed by atoms with E-state index >= 15 is 0 Å². The van der Waals surface area contributed by atoms with Gasteiger partial charge in [-0.1, -0.05) is 6.07 Å². The molecule has 1 aliphatic carbocycles. The van der Waals surface area contributed by atoms with Crippen LogP contribution < -0.4 is 10.1 Å². The molecule has 1 heterocycles. The lowest BCUT2D eigenvalue weighted by molar-refractivity contribution is 0.0950. The fourth-order valence-electron chi connectivity index (χ4n) is 2.16. The van der Waals surface area contributed by atoms with Crippen molar-refractivity contribution in [2.45, 2.75) is 26.3 Å². The van der Waals surface area contributed by atoms with Gasteiger partial charge in [0.25, 0.3) is 5.91 Å². The normalized spacial score (nSPS) is 13.7. The second-order valence-electron chi connectivity index (χ2n) is 5.91. The average molecular weight is 314 g/mol. The summed E-state index contributed by atoms with van der Waals surface area (Å²) in [5, 5.41) is 2.80. The third kappa shape index (κ3) is 4.28. The Morgan fingerprint density at radius 2 is 2.17 bits per heavy atom. The Morgan fingerprint density at radius 3 is 2.83 bits per heavy atom. The zero-order valence-corrected chi connectivity index (χ0v) is 13.0. The molecule has 1 saturated carbocycles. The number of benzene rings is 1. The van der Waals surface area contributed by atoms with Crippen molar-refractivity contribution in [1.29, 1.82) is 0 Å². The van der Waals surface area contributed by atoms with E-state index in [1.165, 1.54) is 31.0 Å². The fourth-order valence-corrected chi connectivity index (χ4v) is 2.16. The Morgan fingerprint density at radius 1 is 1.35 bits per heavy atom. The first-order valence-electron chi connectivity index (χ1n) is 7.74. The maximum Gasteiger partial charge on any atom is 0.251 e. The molecule has 0 radical (unpaired) electrons. The molecule has 0 atom stereocenters. The van der Waals surface area contributed by atoms with Crippen LogP contribution in [0.3, 0.4) is 0 Å². The maximum atomic E-state index is 13.2. The summed E-state index contributed by atoms with van der Waals surface area (Å²) in [6, 6.07) is 8.01. The highest BCUT2D eigenvalue weighted by Crippen LogP contribution is 2.29. The number of carbonyl (C=O) groups is 1. The molecule has 3 rings (SSSR count). The van der Waals surface area contributed by atoms with E-state index in [4.69, 9.17) is 4.74 Å². The number of hydrogen-bond acceptors (Lipinski definition) is 3. The van der Waals surface area contributed by atoms with E-state index in [0.29, 0.717) is 29.5 Å². The summed E-state index contributed by atoms with van der Waals surface area (Å²) in [7, 11) is 0. The summed E-state index contributed by atoms with van der Waals surface area (Å²) in [5.41, 5.74) is 1.79. The molecule has 1 aromatic carbocycles. The topological polar surface area (TPSA) is 51.2 Å². The number of halogens is 1. The quantitative estimate of drug-likeness (QED) is 0.890. The highest BCUT2D eigenvalue weighted by atomic mass is 19.1. The minimum Gasteiger partial charge on any atom is -0.477 e. The molecule has 4 nitrogen and oxygen atoms in total. The Hall–Kier alpha value is -2.43. The van der Waals surface area contributed by atoms with Gasteiger partial charge in [-0.15, -0.1) is 0 Å². The molecule has 23 heavy (non-hydrogen) atoms. The van der Waals surface area contributed by atoms with Gasteiger partial charge in [0.15, 0.2) is 0 Å². The Labute approximate surface area is 134 Å². The van der Waals surface area contributed by atoms with Gasteiger partial charge in [-0.2, -0.15) is 0 Å². The predicted molar refractivity (Wildman–Crippen MR) is 84.8 cm³/mol. The van der Waals surface area contributed by atoms with Crippen LogP contribution in [0.2, 0.25) is 0 Å². The van der Waals surface area contributed by atoms with Crippen molar-refractivity contribution in [1.82, 2.24) is 10.3 Å². The average Bonchev–Trinajstić information content (AvgIpc) is 3.38. The lowest BCUT2D eigenvalue weighted by Gasteiger charge is -2.08. The number of amides is 1. The molecule has 2 aromatic rings. The van der Waals surface area contributed by atoms with Gasteiger partial charge in [0, 0.05) is 24.4 Å². The fraction of sp³-hybridized carbons (Fsp3) is 0.333. The van der Waals surface area contributed by atoms with E-state index in [0.717, 1.165) is 12.2 Å². The Bertz CT molecular complexity index is 697. The third-order valence-corrected chi connectivity index (χ3v) is 3.83. The number of nitrogens with one attached hydrogen (secondary N) is 1. The molecular formula is C18H19FN2O2. The van der Waals surface area contributed by atoms with Crippen LogP contribution in [0, 0.1) is 18.7 Å². The van der Waals surface area contributed by atoms with Crippen LogP contribution in [0.4, 0.5) is 4.39 Å². The summed E-state index contributed by atoms with van der Waals surface area (Å²) < 4.78 is 18.8. The van der Waals surface area contributed by atoms with Crippen LogP contribution in [-0.4, -0.2) is 17.5 Å². The number of aromatic nitrogens is 1. The number of nitrogens with zero attached hydrogens (tertiary/aromatic N) is 1. The highest BCUT2D eigenvalue weighted by Gasteiger charge is 2.22. The smallest absolute Gasteiger partial charge is 0.251 e. The molecule has 0 bridgehead atoms. The molecule has 1 aliphatic rings. The second kappa shape index (κ2) is 6.77. The van der Waals surface area contributed by atoms with Crippen LogP contribution in [0.5, 0.6) is 5.88 Å². The molecule has 0 saturated heterocycles. The number of pyridine rings is 1. The number of carbonyl (C=O) groups excluding carboxylic acids is 1. The first-order chi connectivity index (χ1) is 11.1. The highest BCUT2D eigenvalue weighted by molar-refractivity contribution is 5.94. The molecule has 1 fully saturated rings. The number of aryl methyl sites for hydroxylation is 1. The van der Waals surface area contributed by atoms with Gasteiger partial charge in [0.05, 0.1) is 6.61 Å². The Balaban J connectivity index is 1.52. The molecule has 5 heteroatoms. The zero-order valence-electron chi connectivity index (χ0n) is 13.0. The standard InChI is InChI=1S/C18H19FN2O2/c1-12-8-15(5-6-16(12)19)18(22)21-10-14-4-7-17(20-9-14)23-11-13-2-3-13/h4-9,13H,2-3,10-11H2,1H3,(H,21,22). The van der Waals surface area contributed by atoms with Crippen molar-refractivity contribution >= 4 is 5.91 Å². The minimum atomic E-state index is -0.312. The van der Waals surface area contributed by atoms with Crippen LogP contribution in [0.15, 0.2) is 36.5 Å². The number of hydrogen-bond donors (Lipinski definition) is 1. The Kier molecular flexibility index (Phi) is 4.55. The molecule has 1 aromatic heterocycles. The lowest BCUT2D eigenvalue weighted by atomic mass is 10.1. The van der Waals surface area contributed by atoms with E-state index < -0.39 is 0 Å². The summed E-state index contributed by atoms with van der Waals surface area (Å²) >= 11 is 0. The van der Waals surface area contributed by atoms with Crippen LogP contribution in [0.1, 0.15) is 34.3 Å². The van der Waals surface area contributed by atoms with Gasteiger partial charge in [0.2, 0.25) is 5.88 Å². The number of ether oxygens (including phenoxy) is 1. The van der Waals surface area contributed by atoms with Crippen molar-refractivity contribution < 1.29 is 13.9 Å². The van der Waals surface area contributed by atoms with E-state index in [9.17, 15) is 9.18 Å². The maximum absolute atomic E-state index is 13.2. The van der Waals surface area contributed by atoms with Gasteiger partial charge >= 0.3 is 0 Å². The third-order valence-electron chi connectivity index (χ3n) is 3.83. The van der Waals surface area contributed by atoms with Gasteiger partial charge in [0.1, 0.15) is 5.82 Å². The van der Waals surface area contributed by atoms with Gasteiger partial charge < -0.3 is 10.1 Å². The minimum absolute atomic E-state index is 0.234. The van der Waals surface area contributed by atoms with Crippen molar-refractivity contribution in [3.63, 3.8) is 0 Å². The van der Waals surface area contributed by atoms with Gasteiger partial charge in [-0.3, -0.25) is 4.79 Å². The van der Waals surface area contributed by atoms with Crippen molar-refractivity contribution in [3.05, 3.63) is 59.0 Å². The first kappa shape index (κ1) is 15.5. The molecule has 120 valence electrons. The summed E-state index contributed by atoms with van der Waals surface area (Å²) in [6.45, 7) is 2.73. The van der Waals surface area contributed by atoms with E-state index in [1.54, 1.807) is 13.1 Å². The molecule has 0 unspecified atom stereocenters. The van der Waals surface area contributed by atoms with E-state index in [2.05, 4.69) is 10.3 Å². The van der Waals surface area contributed by atoms with Gasteiger partial charge in [-0.05, 0) is 55.0 Å². The lowest BCUT2D eigenvalue weighted by Crippen LogP contribution is -2.23. The summed E-state index contributed by atoms with van der Waals surface area (Å²) in [4.78, 5) is 16.3. The SMILES string of the molecule is Cc1cc(C(=O)NCc2ccc(OCC3CC3)nc2)ccc1F. The molecule has 1 amide bonds. The van der Waals surface area contributed by atoms with Crippen molar-refractivity contribution in [2.24, 2.45) is 5.92 Å². The molecule has 0 aliphatic heterocycles. The van der Waals surface area contributed by atoms with Crippen molar-refractivity contribution in [3.8, 4) is 5.88 Å². The second-order valence-corrected chi connectivity index (χ2v) is 5.91. The largest absolute Gasteiger partial charge is 0.477 e. The predicted octanol–water partition coefficient (Wildman–Crippen LogP) is 3.25. The number of rotatable bonds is 6. The molecule has 1 N–H and O–H groups in total. The summed E-state index contributed by atoms with van der Waals surface area (Å²) in [5.74, 6) is 0.755.